The van der Waals surface area contributed by atoms with Crippen molar-refractivity contribution in [1.29, 1.82) is 0 Å². The van der Waals surface area contributed by atoms with Crippen molar-refractivity contribution in [2.45, 2.75) is 129 Å². The first-order valence-electron chi connectivity index (χ1n) is 18.1. The van der Waals surface area contributed by atoms with E-state index in [9.17, 15) is 4.79 Å². The number of aromatic nitrogens is 3. The van der Waals surface area contributed by atoms with E-state index in [1.165, 1.54) is 6.33 Å². The quantitative estimate of drug-likeness (QED) is 0.141. The molecule has 2 fully saturated rings. The van der Waals surface area contributed by atoms with Crippen molar-refractivity contribution in [3.63, 3.8) is 0 Å². The molecular formula is C40H54N4O7Si. The second-order valence-electron chi connectivity index (χ2n) is 16.7. The third kappa shape index (κ3) is 8.21. The Hall–Kier alpha value is -3.81. The fraction of sp³-hybridized carbons (Fsp3) is 0.525. The smallest absolute Gasteiger partial charge is 0.411 e. The van der Waals surface area contributed by atoms with E-state index in [1.807, 2.05) is 106 Å². The van der Waals surface area contributed by atoms with Crippen molar-refractivity contribution >= 4 is 25.4 Å². The molecule has 0 saturated carbocycles. The molecule has 4 aromatic rings. The number of nitrogens with zero attached hydrogens (tertiary/aromatic N) is 4. The first-order valence-corrected chi connectivity index (χ1v) is 21.0. The van der Waals surface area contributed by atoms with E-state index >= 15 is 0 Å². The number of carbonyl (C=O) groups is 1. The minimum atomic E-state index is -2.22. The minimum absolute atomic E-state index is 0.0340. The molecule has 2 aromatic carbocycles. The molecule has 0 N–H and O–H groups in total. The van der Waals surface area contributed by atoms with Crippen LogP contribution in [0.1, 0.15) is 78.1 Å². The molecule has 2 aliphatic rings. The lowest BCUT2D eigenvalue weighted by molar-refractivity contribution is -0.168. The molecule has 0 aliphatic carbocycles. The molecule has 2 aromatic heterocycles. The standard InChI is InChI=1S/C40H54N4O7Si/c1-38(2,3)51-37(45)44-30(24-48-52(9,10)39(4,5)6)34-35(50-40(7,8)49-34)32(44)29-21-43(26-46-22-27-17-13-11-14-18-27)33-31(29)41-25-42-36(33)47-23-28-19-15-12-16-20-28/h11-21,25,30,32,34-35H,22-24,26H2,1-10H3/t30-,32+,34-,35+/m1/s1. The Bertz CT molecular complexity index is 1840. The van der Waals surface area contributed by atoms with Crippen LogP contribution in [0.4, 0.5) is 4.79 Å². The summed E-state index contributed by atoms with van der Waals surface area (Å²) in [6, 6.07) is 18.8. The van der Waals surface area contributed by atoms with Crippen LogP contribution in [0.5, 0.6) is 5.88 Å². The molecule has 0 unspecified atom stereocenters. The van der Waals surface area contributed by atoms with Gasteiger partial charge in [-0.3, -0.25) is 4.90 Å². The van der Waals surface area contributed by atoms with Crippen molar-refractivity contribution in [3.05, 3.63) is 89.9 Å². The number of ether oxygens (including phenoxy) is 5. The molecule has 0 spiro atoms. The molecule has 52 heavy (non-hydrogen) atoms. The lowest BCUT2D eigenvalue weighted by Gasteiger charge is -2.40. The van der Waals surface area contributed by atoms with E-state index in [-0.39, 0.29) is 18.4 Å². The molecule has 2 aliphatic heterocycles. The van der Waals surface area contributed by atoms with Crippen LogP contribution < -0.4 is 4.74 Å². The summed E-state index contributed by atoms with van der Waals surface area (Å²) in [6.45, 7) is 21.6. The topological polar surface area (TPSA) is 106 Å². The van der Waals surface area contributed by atoms with Crippen molar-refractivity contribution in [2.24, 2.45) is 0 Å². The maximum atomic E-state index is 14.4. The van der Waals surface area contributed by atoms with E-state index in [0.29, 0.717) is 30.1 Å². The molecule has 1 amide bonds. The molecule has 280 valence electrons. The van der Waals surface area contributed by atoms with E-state index in [0.717, 1.165) is 16.7 Å². The van der Waals surface area contributed by atoms with Gasteiger partial charge in [-0.1, -0.05) is 81.4 Å². The molecule has 0 bridgehead atoms. The number of benzene rings is 2. The predicted octanol–water partition coefficient (Wildman–Crippen LogP) is 8.39. The number of amides is 1. The molecule has 12 heteroatoms. The molecule has 2 saturated heterocycles. The van der Waals surface area contributed by atoms with Crippen LogP contribution in [0, 0.1) is 0 Å². The van der Waals surface area contributed by atoms with Crippen molar-refractivity contribution in [3.8, 4) is 5.88 Å². The lowest BCUT2D eigenvalue weighted by atomic mass is 10.0. The van der Waals surface area contributed by atoms with Crippen LogP contribution in [0.25, 0.3) is 11.0 Å². The Labute approximate surface area is 308 Å². The van der Waals surface area contributed by atoms with Gasteiger partial charge in [0.05, 0.1) is 25.3 Å². The van der Waals surface area contributed by atoms with Crippen LogP contribution in [-0.4, -0.2) is 70.1 Å². The van der Waals surface area contributed by atoms with E-state index in [1.54, 1.807) is 4.90 Å². The highest BCUT2D eigenvalue weighted by atomic mass is 28.4. The zero-order chi connectivity index (χ0) is 37.5. The summed E-state index contributed by atoms with van der Waals surface area (Å²) in [4.78, 5) is 25.6. The number of carbonyl (C=O) groups excluding carboxylic acids is 1. The SMILES string of the molecule is CC(C)(C)OC(=O)N1[C@H](CO[Si](C)(C)C(C)(C)C)[C@H]2OC(C)(C)O[C@H]2[C@@H]1c1cn(COCc2ccccc2)c2c(OCc3ccccc3)ncnc12. The van der Waals surface area contributed by atoms with Gasteiger partial charge in [-0.2, -0.15) is 4.98 Å². The molecule has 4 atom stereocenters. The fourth-order valence-electron chi connectivity index (χ4n) is 6.57. The number of hydrogen-bond donors (Lipinski definition) is 0. The molecule has 11 nitrogen and oxygen atoms in total. The van der Waals surface area contributed by atoms with Crippen LogP contribution in [0.2, 0.25) is 18.1 Å². The Morgan fingerprint density at radius 2 is 1.50 bits per heavy atom. The fourth-order valence-corrected chi connectivity index (χ4v) is 7.59. The van der Waals surface area contributed by atoms with Gasteiger partial charge >= 0.3 is 6.09 Å². The third-order valence-corrected chi connectivity index (χ3v) is 14.6. The highest BCUT2D eigenvalue weighted by molar-refractivity contribution is 6.74. The minimum Gasteiger partial charge on any atom is -0.471 e. The maximum Gasteiger partial charge on any atom is 0.411 e. The first kappa shape index (κ1) is 37.9. The van der Waals surface area contributed by atoms with Crippen molar-refractivity contribution in [2.75, 3.05) is 6.61 Å². The summed E-state index contributed by atoms with van der Waals surface area (Å²) in [7, 11) is -2.22. The van der Waals surface area contributed by atoms with Gasteiger partial charge in [0.15, 0.2) is 14.1 Å². The summed E-state index contributed by atoms with van der Waals surface area (Å²) in [5.74, 6) is -0.484. The summed E-state index contributed by atoms with van der Waals surface area (Å²) in [6.07, 6.45) is 1.98. The zero-order valence-electron chi connectivity index (χ0n) is 32.2. The predicted molar refractivity (Wildman–Crippen MR) is 201 cm³/mol. The Morgan fingerprint density at radius 1 is 0.885 bits per heavy atom. The number of fused-ring (bicyclic) bond motifs is 2. The van der Waals surface area contributed by atoms with E-state index in [2.05, 4.69) is 38.8 Å². The Balaban J connectivity index is 1.45. The Kier molecular flexibility index (Phi) is 10.6. The third-order valence-electron chi connectivity index (χ3n) is 10.1. The summed E-state index contributed by atoms with van der Waals surface area (Å²) in [5, 5.41) is -0.0340. The van der Waals surface area contributed by atoms with Crippen LogP contribution in [-0.2, 0) is 43.3 Å². The summed E-state index contributed by atoms with van der Waals surface area (Å²) >= 11 is 0. The van der Waals surface area contributed by atoms with Gasteiger partial charge in [0, 0.05) is 11.8 Å². The first-order chi connectivity index (χ1) is 24.4. The monoisotopic (exact) mass is 730 g/mol. The number of likely N-dealkylation sites (tertiary alicyclic amines) is 1. The molecular weight excluding hydrogens is 677 g/mol. The van der Waals surface area contributed by atoms with Gasteiger partial charge in [0.2, 0.25) is 5.88 Å². The second-order valence-corrected chi connectivity index (χ2v) is 21.5. The highest BCUT2D eigenvalue weighted by Gasteiger charge is 2.61. The normalized spacial score (nSPS) is 21.8. The molecule has 0 radical (unpaired) electrons. The zero-order valence-corrected chi connectivity index (χ0v) is 33.2. The van der Waals surface area contributed by atoms with Crippen molar-refractivity contribution in [1.82, 2.24) is 19.4 Å². The second kappa shape index (κ2) is 14.5. The van der Waals surface area contributed by atoms with Gasteiger partial charge in [-0.25, -0.2) is 9.78 Å². The number of hydrogen-bond acceptors (Lipinski definition) is 9. The number of rotatable bonds is 11. The largest absolute Gasteiger partial charge is 0.471 e. The highest BCUT2D eigenvalue weighted by Crippen LogP contribution is 2.50. The van der Waals surface area contributed by atoms with Gasteiger partial charge in [0.1, 0.15) is 48.5 Å². The average Bonchev–Trinajstić information content (AvgIpc) is 3.68. The molecule has 4 heterocycles. The summed E-state index contributed by atoms with van der Waals surface area (Å²) < 4.78 is 40.8. The van der Waals surface area contributed by atoms with Crippen molar-refractivity contribution < 1.29 is 32.9 Å². The summed E-state index contributed by atoms with van der Waals surface area (Å²) in [5.41, 5.74) is 3.34. The molecule has 6 rings (SSSR count). The maximum absolute atomic E-state index is 14.4. The Morgan fingerprint density at radius 3 is 2.12 bits per heavy atom. The van der Waals surface area contributed by atoms with Gasteiger partial charge in [-0.05, 0) is 63.9 Å². The van der Waals surface area contributed by atoms with Gasteiger partial charge < -0.3 is 32.7 Å². The van der Waals surface area contributed by atoms with E-state index < -0.39 is 50.1 Å². The van der Waals surface area contributed by atoms with Crippen LogP contribution in [0.3, 0.4) is 0 Å². The van der Waals surface area contributed by atoms with Crippen LogP contribution >= 0.6 is 0 Å². The van der Waals surface area contributed by atoms with Gasteiger partial charge in [0.25, 0.3) is 0 Å². The average molecular weight is 731 g/mol. The van der Waals surface area contributed by atoms with Crippen LogP contribution in [0.15, 0.2) is 73.2 Å². The lowest BCUT2D eigenvalue weighted by Crippen LogP contribution is -2.50. The van der Waals surface area contributed by atoms with E-state index in [4.69, 9.17) is 33.1 Å². The van der Waals surface area contributed by atoms with Gasteiger partial charge in [-0.15, -0.1) is 0 Å².